The molecule has 1 aliphatic rings. The van der Waals surface area contributed by atoms with E-state index in [-0.39, 0.29) is 12.1 Å². The van der Waals surface area contributed by atoms with E-state index in [9.17, 15) is 4.79 Å². The minimum Gasteiger partial charge on any atom is -0.321 e. The highest BCUT2D eigenvalue weighted by atomic mass is 32.1. The average Bonchev–Trinajstić information content (AvgIpc) is 3.15. The van der Waals surface area contributed by atoms with E-state index in [0.29, 0.717) is 0 Å². The number of aromatic nitrogens is 2. The second kappa shape index (κ2) is 5.89. The van der Waals surface area contributed by atoms with Crippen LogP contribution in [-0.2, 0) is 13.5 Å². The summed E-state index contributed by atoms with van der Waals surface area (Å²) >= 11 is 1.61. The lowest BCUT2D eigenvalue weighted by Crippen LogP contribution is -2.40. The van der Waals surface area contributed by atoms with Gasteiger partial charge in [0, 0.05) is 43.3 Å². The molecule has 1 saturated heterocycles. The Balaban J connectivity index is 1.67. The molecule has 1 atom stereocenters. The van der Waals surface area contributed by atoms with Crippen molar-refractivity contribution in [2.75, 3.05) is 11.9 Å². The molecular weight excluding hydrogens is 284 g/mol. The summed E-state index contributed by atoms with van der Waals surface area (Å²) < 4.78 is 1.89. The Kier molecular flexibility index (Phi) is 3.96. The molecular formula is C15H20N4OS. The number of rotatable bonds is 3. The van der Waals surface area contributed by atoms with Gasteiger partial charge in [-0.1, -0.05) is 0 Å². The second-order valence-corrected chi connectivity index (χ2v) is 6.28. The maximum Gasteiger partial charge on any atom is 0.322 e. The van der Waals surface area contributed by atoms with E-state index in [1.54, 1.807) is 11.3 Å². The van der Waals surface area contributed by atoms with E-state index in [1.807, 2.05) is 46.6 Å². The Hall–Kier alpha value is -1.82. The lowest BCUT2D eigenvalue weighted by molar-refractivity contribution is 0.205. The molecule has 0 saturated carbocycles. The van der Waals surface area contributed by atoms with Gasteiger partial charge in [-0.15, -0.1) is 11.3 Å². The highest BCUT2D eigenvalue weighted by molar-refractivity contribution is 7.08. The number of thiophene rings is 1. The Bertz CT molecular complexity index is 633. The third kappa shape index (κ3) is 2.95. The van der Waals surface area contributed by atoms with Crippen LogP contribution in [0, 0.1) is 6.92 Å². The van der Waals surface area contributed by atoms with Gasteiger partial charge in [0.05, 0.1) is 5.69 Å². The van der Waals surface area contributed by atoms with Gasteiger partial charge in [-0.3, -0.25) is 4.68 Å². The van der Waals surface area contributed by atoms with Crippen LogP contribution in [-0.4, -0.2) is 33.3 Å². The van der Waals surface area contributed by atoms with Crippen molar-refractivity contribution in [2.45, 2.75) is 32.2 Å². The first-order valence-corrected chi connectivity index (χ1v) is 8.16. The number of anilines is 1. The van der Waals surface area contributed by atoms with Crippen LogP contribution in [0.4, 0.5) is 10.5 Å². The number of nitrogens with one attached hydrogen (secondary N) is 1. The molecule has 1 N–H and O–H groups in total. The molecule has 6 heteroatoms. The molecule has 3 heterocycles. The largest absolute Gasteiger partial charge is 0.322 e. The molecule has 0 spiro atoms. The average molecular weight is 304 g/mol. The fraction of sp³-hybridized carbons (Fsp3) is 0.467. The maximum absolute atomic E-state index is 12.5. The van der Waals surface area contributed by atoms with Gasteiger partial charge in [0.2, 0.25) is 0 Å². The molecule has 1 fully saturated rings. The third-order valence-electron chi connectivity index (χ3n) is 4.10. The first-order valence-electron chi connectivity index (χ1n) is 7.22. The Labute approximate surface area is 128 Å². The van der Waals surface area contributed by atoms with Crippen LogP contribution >= 0.6 is 11.3 Å². The number of nitrogens with zero attached hydrogens (tertiary/aromatic N) is 3. The zero-order valence-electron chi connectivity index (χ0n) is 12.4. The van der Waals surface area contributed by atoms with Crippen molar-refractivity contribution in [1.82, 2.24) is 14.7 Å². The Morgan fingerprint density at radius 2 is 2.38 bits per heavy atom. The van der Waals surface area contributed by atoms with Crippen molar-refractivity contribution < 1.29 is 4.79 Å². The van der Waals surface area contributed by atoms with Crippen molar-refractivity contribution in [3.05, 3.63) is 34.3 Å². The first-order chi connectivity index (χ1) is 10.1. The summed E-state index contributed by atoms with van der Waals surface area (Å²) in [7, 11) is 1.95. The molecule has 1 aliphatic heterocycles. The van der Waals surface area contributed by atoms with Crippen molar-refractivity contribution in [2.24, 2.45) is 7.05 Å². The number of hydrogen-bond acceptors (Lipinski definition) is 3. The standard InChI is InChI=1S/C15H20N4OS/c1-11-9-21-10-14(11)17-15(20)19-7-3-4-13(19)8-12-5-6-16-18(12)2/h5-6,9-10,13H,3-4,7-8H2,1-2H3,(H,17,20)/t13-/m0/s1. The van der Waals surface area contributed by atoms with E-state index < -0.39 is 0 Å². The van der Waals surface area contributed by atoms with E-state index in [2.05, 4.69) is 10.4 Å². The third-order valence-corrected chi connectivity index (χ3v) is 4.96. The molecule has 2 amide bonds. The van der Waals surface area contributed by atoms with Crippen molar-refractivity contribution in [3.63, 3.8) is 0 Å². The normalized spacial score (nSPS) is 18.2. The predicted octanol–water partition coefficient (Wildman–Crippen LogP) is 3.03. The van der Waals surface area contributed by atoms with Crippen LogP contribution in [0.5, 0.6) is 0 Å². The molecule has 112 valence electrons. The van der Waals surface area contributed by atoms with E-state index in [1.165, 1.54) is 5.69 Å². The van der Waals surface area contributed by atoms with Crippen LogP contribution in [0.1, 0.15) is 24.1 Å². The molecule has 0 aromatic carbocycles. The smallest absolute Gasteiger partial charge is 0.321 e. The molecule has 2 aromatic rings. The number of aryl methyl sites for hydroxylation is 2. The second-order valence-electron chi connectivity index (χ2n) is 5.54. The van der Waals surface area contributed by atoms with Crippen LogP contribution in [0.25, 0.3) is 0 Å². The summed E-state index contributed by atoms with van der Waals surface area (Å²) in [6, 6.07) is 2.30. The summed E-state index contributed by atoms with van der Waals surface area (Å²) in [4.78, 5) is 14.4. The molecule has 0 radical (unpaired) electrons. The zero-order chi connectivity index (χ0) is 14.8. The highest BCUT2D eigenvalue weighted by Gasteiger charge is 2.29. The van der Waals surface area contributed by atoms with Gasteiger partial charge < -0.3 is 10.2 Å². The van der Waals surface area contributed by atoms with Crippen LogP contribution < -0.4 is 5.32 Å². The van der Waals surface area contributed by atoms with Gasteiger partial charge >= 0.3 is 6.03 Å². The molecule has 21 heavy (non-hydrogen) atoms. The summed E-state index contributed by atoms with van der Waals surface area (Å²) in [5.74, 6) is 0. The minimum absolute atomic E-state index is 0.0150. The van der Waals surface area contributed by atoms with Crippen LogP contribution in [0.2, 0.25) is 0 Å². The van der Waals surface area contributed by atoms with E-state index in [4.69, 9.17) is 0 Å². The maximum atomic E-state index is 12.5. The van der Waals surface area contributed by atoms with Gasteiger partial charge in [0.25, 0.3) is 0 Å². The predicted molar refractivity (Wildman–Crippen MR) is 84.7 cm³/mol. The zero-order valence-corrected chi connectivity index (χ0v) is 13.2. The van der Waals surface area contributed by atoms with E-state index >= 15 is 0 Å². The molecule has 3 rings (SSSR count). The summed E-state index contributed by atoms with van der Waals surface area (Å²) in [5.41, 5.74) is 3.22. The molecule has 0 unspecified atom stereocenters. The summed E-state index contributed by atoms with van der Waals surface area (Å²) in [6.45, 7) is 2.85. The molecule has 0 aliphatic carbocycles. The van der Waals surface area contributed by atoms with Gasteiger partial charge in [0.15, 0.2) is 0 Å². The number of carbonyl (C=O) groups excluding carboxylic acids is 1. The topological polar surface area (TPSA) is 50.2 Å². The van der Waals surface area contributed by atoms with Crippen molar-refractivity contribution >= 4 is 23.1 Å². The fourth-order valence-electron chi connectivity index (χ4n) is 2.83. The highest BCUT2D eigenvalue weighted by Crippen LogP contribution is 2.24. The first kappa shape index (κ1) is 14.1. The summed E-state index contributed by atoms with van der Waals surface area (Å²) in [6.07, 6.45) is 4.80. The number of likely N-dealkylation sites (tertiary alicyclic amines) is 1. The molecule has 0 bridgehead atoms. The van der Waals surface area contributed by atoms with Crippen molar-refractivity contribution in [1.29, 1.82) is 0 Å². The SMILES string of the molecule is Cc1cscc1NC(=O)N1CCC[C@H]1Cc1ccnn1C. The van der Waals surface area contributed by atoms with Gasteiger partial charge in [-0.2, -0.15) is 5.10 Å². The van der Waals surface area contributed by atoms with Crippen LogP contribution in [0.3, 0.4) is 0 Å². The molecule has 2 aromatic heterocycles. The van der Waals surface area contributed by atoms with Crippen LogP contribution in [0.15, 0.2) is 23.0 Å². The number of hydrogen-bond donors (Lipinski definition) is 1. The lowest BCUT2D eigenvalue weighted by Gasteiger charge is -2.25. The minimum atomic E-state index is 0.0150. The number of carbonyl (C=O) groups is 1. The van der Waals surface area contributed by atoms with Gasteiger partial charge in [-0.05, 0) is 36.8 Å². The monoisotopic (exact) mass is 304 g/mol. The van der Waals surface area contributed by atoms with Crippen molar-refractivity contribution in [3.8, 4) is 0 Å². The Morgan fingerprint density at radius 3 is 3.05 bits per heavy atom. The fourth-order valence-corrected chi connectivity index (χ4v) is 3.61. The van der Waals surface area contributed by atoms with Gasteiger partial charge in [-0.25, -0.2) is 4.79 Å². The molecule has 5 nitrogen and oxygen atoms in total. The number of urea groups is 1. The number of amides is 2. The summed E-state index contributed by atoms with van der Waals surface area (Å²) in [5, 5.41) is 11.3. The Morgan fingerprint density at radius 1 is 1.52 bits per heavy atom. The van der Waals surface area contributed by atoms with Gasteiger partial charge in [0.1, 0.15) is 0 Å². The quantitative estimate of drug-likeness (QED) is 0.947. The lowest BCUT2D eigenvalue weighted by atomic mass is 10.1. The van der Waals surface area contributed by atoms with E-state index in [0.717, 1.165) is 37.1 Å².